The number of carbonyl (C=O) groups excluding carboxylic acids is 1. The molecule has 0 bridgehead atoms. The van der Waals surface area contributed by atoms with E-state index < -0.39 is 0 Å². The molecular weight excluding hydrogens is 424 g/mol. The fourth-order valence-electron chi connectivity index (χ4n) is 4.12. The van der Waals surface area contributed by atoms with Gasteiger partial charge in [0.15, 0.2) is 16.7 Å². The average molecular weight is 455 g/mol. The first-order valence-electron chi connectivity index (χ1n) is 11.2. The number of benzene rings is 1. The van der Waals surface area contributed by atoms with Gasteiger partial charge in [0.25, 0.3) is 0 Å². The van der Waals surface area contributed by atoms with Crippen molar-refractivity contribution < 1.29 is 13.9 Å². The molecule has 1 aromatic carbocycles. The van der Waals surface area contributed by atoms with Crippen LogP contribution < -0.4 is 4.74 Å². The quantitative estimate of drug-likeness (QED) is 0.442. The topological polar surface area (TPSA) is 73.4 Å². The molecule has 3 aromatic rings. The number of carbonyl (C=O) groups is 1. The Morgan fingerprint density at radius 3 is 2.62 bits per heavy atom. The van der Waals surface area contributed by atoms with Crippen molar-refractivity contribution in [3.8, 4) is 17.3 Å². The van der Waals surface area contributed by atoms with Gasteiger partial charge in [0.05, 0.1) is 19.1 Å². The lowest BCUT2D eigenvalue weighted by Gasteiger charge is -2.32. The van der Waals surface area contributed by atoms with Crippen molar-refractivity contribution in [2.45, 2.75) is 44.3 Å². The number of thioether (sulfide) groups is 1. The number of likely N-dealkylation sites (tertiary alicyclic amines) is 1. The largest absolute Gasteiger partial charge is 0.497 e. The molecule has 4 rings (SSSR count). The van der Waals surface area contributed by atoms with Gasteiger partial charge in [0.1, 0.15) is 5.75 Å². The van der Waals surface area contributed by atoms with Crippen LogP contribution in [0.3, 0.4) is 0 Å². The number of piperidine rings is 1. The molecule has 1 aliphatic heterocycles. The summed E-state index contributed by atoms with van der Waals surface area (Å²) < 4.78 is 12.7. The zero-order chi connectivity index (χ0) is 22.3. The number of nitrogens with zero attached hydrogens (tertiary/aromatic N) is 4. The lowest BCUT2D eigenvalue weighted by atomic mass is 9.90. The summed E-state index contributed by atoms with van der Waals surface area (Å²) in [5.41, 5.74) is 1.34. The third-order valence-electron chi connectivity index (χ3n) is 6.07. The molecule has 3 heterocycles. The Labute approximate surface area is 193 Å². The number of furan rings is 1. The van der Waals surface area contributed by atoms with Crippen LogP contribution >= 0.6 is 11.8 Å². The molecule has 0 unspecified atom stereocenters. The van der Waals surface area contributed by atoms with Crippen molar-refractivity contribution in [2.24, 2.45) is 5.92 Å². The first kappa shape index (κ1) is 22.5. The number of aryl methyl sites for hydroxylation is 1. The van der Waals surface area contributed by atoms with E-state index in [1.807, 2.05) is 40.7 Å². The second-order valence-corrected chi connectivity index (χ2v) is 8.97. The zero-order valence-corrected chi connectivity index (χ0v) is 19.5. The van der Waals surface area contributed by atoms with E-state index in [1.54, 1.807) is 13.4 Å². The lowest BCUT2D eigenvalue weighted by Crippen LogP contribution is -2.39. The van der Waals surface area contributed by atoms with Crippen LogP contribution in [0.15, 0.2) is 52.2 Å². The highest BCUT2D eigenvalue weighted by molar-refractivity contribution is 7.99. The molecule has 7 nitrogen and oxygen atoms in total. The minimum absolute atomic E-state index is 0.175. The van der Waals surface area contributed by atoms with Crippen LogP contribution in [0.25, 0.3) is 11.6 Å². The van der Waals surface area contributed by atoms with Gasteiger partial charge in [-0.25, -0.2) is 0 Å². The van der Waals surface area contributed by atoms with Crippen molar-refractivity contribution >= 4 is 17.7 Å². The van der Waals surface area contributed by atoms with Gasteiger partial charge in [-0.2, -0.15) is 0 Å². The summed E-state index contributed by atoms with van der Waals surface area (Å²) in [7, 11) is 1.69. The van der Waals surface area contributed by atoms with Gasteiger partial charge >= 0.3 is 0 Å². The van der Waals surface area contributed by atoms with E-state index in [1.165, 1.54) is 17.3 Å². The van der Waals surface area contributed by atoms with E-state index in [2.05, 4.69) is 22.3 Å². The van der Waals surface area contributed by atoms with Gasteiger partial charge in [0.2, 0.25) is 5.91 Å². The normalized spacial score (nSPS) is 14.6. The highest BCUT2D eigenvalue weighted by atomic mass is 32.2. The monoisotopic (exact) mass is 454 g/mol. The predicted octanol–water partition coefficient (Wildman–Crippen LogP) is 4.53. The van der Waals surface area contributed by atoms with E-state index >= 15 is 0 Å². The van der Waals surface area contributed by atoms with E-state index in [-0.39, 0.29) is 5.91 Å². The fraction of sp³-hybridized carbons (Fsp3) is 0.458. The van der Waals surface area contributed by atoms with E-state index in [0.717, 1.165) is 56.2 Å². The van der Waals surface area contributed by atoms with Crippen LogP contribution in [0.4, 0.5) is 0 Å². The third-order valence-corrected chi connectivity index (χ3v) is 7.02. The maximum atomic E-state index is 12.8. The van der Waals surface area contributed by atoms with Gasteiger partial charge in [-0.3, -0.25) is 9.36 Å². The predicted molar refractivity (Wildman–Crippen MR) is 125 cm³/mol. The highest BCUT2D eigenvalue weighted by Gasteiger charge is 2.24. The summed E-state index contributed by atoms with van der Waals surface area (Å²) in [6, 6.07) is 12.0. The van der Waals surface area contributed by atoms with E-state index in [9.17, 15) is 4.79 Å². The number of hydrogen-bond acceptors (Lipinski definition) is 6. The van der Waals surface area contributed by atoms with Crippen LogP contribution in [0, 0.1) is 5.92 Å². The van der Waals surface area contributed by atoms with E-state index in [4.69, 9.17) is 9.15 Å². The lowest BCUT2D eigenvalue weighted by molar-refractivity contribution is -0.129. The van der Waals surface area contributed by atoms with Crippen molar-refractivity contribution in [3.63, 3.8) is 0 Å². The summed E-state index contributed by atoms with van der Waals surface area (Å²) >= 11 is 1.45. The number of aromatic nitrogens is 3. The number of methoxy groups -OCH3 is 1. The summed E-state index contributed by atoms with van der Waals surface area (Å²) in [6.07, 6.45) is 6.00. The summed E-state index contributed by atoms with van der Waals surface area (Å²) in [5, 5.41) is 9.28. The van der Waals surface area contributed by atoms with Crippen LogP contribution in [-0.2, 0) is 17.8 Å². The molecular formula is C24H30N4O3S. The van der Waals surface area contributed by atoms with Crippen molar-refractivity contribution in [3.05, 3.63) is 48.2 Å². The number of ether oxygens (including phenoxy) is 1. The molecule has 2 aromatic heterocycles. The molecule has 1 amide bonds. The molecule has 1 fully saturated rings. The Hall–Kier alpha value is -2.74. The average Bonchev–Trinajstić information content (AvgIpc) is 3.51. The molecule has 0 aliphatic carbocycles. The Balaban J connectivity index is 1.23. The molecule has 1 aliphatic rings. The molecule has 0 N–H and O–H groups in total. The van der Waals surface area contributed by atoms with Crippen molar-refractivity contribution in [1.82, 2.24) is 19.7 Å². The molecule has 0 spiro atoms. The standard InChI is InChI=1S/C24H30N4O3S/c1-3-28-23(21-5-4-16-31-21)25-26-24(28)32-17-22(29)27-14-12-19(13-15-27)7-6-18-8-10-20(30-2)11-9-18/h4-5,8-11,16,19H,3,6-7,12-15,17H2,1-2H3. The van der Waals surface area contributed by atoms with Crippen LogP contribution in [0.1, 0.15) is 31.7 Å². The summed E-state index contributed by atoms with van der Waals surface area (Å²) in [5.74, 6) is 3.51. The van der Waals surface area contributed by atoms with Gasteiger partial charge in [-0.1, -0.05) is 23.9 Å². The van der Waals surface area contributed by atoms with Crippen molar-refractivity contribution in [2.75, 3.05) is 26.0 Å². The Morgan fingerprint density at radius 2 is 1.97 bits per heavy atom. The smallest absolute Gasteiger partial charge is 0.233 e. The molecule has 0 radical (unpaired) electrons. The molecule has 0 atom stereocenters. The maximum Gasteiger partial charge on any atom is 0.233 e. The minimum Gasteiger partial charge on any atom is -0.497 e. The van der Waals surface area contributed by atoms with Crippen LogP contribution in [0.2, 0.25) is 0 Å². The fourth-order valence-corrected chi connectivity index (χ4v) is 5.03. The highest BCUT2D eigenvalue weighted by Crippen LogP contribution is 2.26. The van der Waals surface area contributed by atoms with Gasteiger partial charge < -0.3 is 14.1 Å². The second kappa shape index (κ2) is 10.7. The van der Waals surface area contributed by atoms with Gasteiger partial charge in [-0.15, -0.1) is 10.2 Å². The summed E-state index contributed by atoms with van der Waals surface area (Å²) in [4.78, 5) is 14.8. The Kier molecular flexibility index (Phi) is 7.52. The van der Waals surface area contributed by atoms with Crippen LogP contribution in [0.5, 0.6) is 5.75 Å². The molecule has 8 heteroatoms. The number of hydrogen-bond donors (Lipinski definition) is 0. The molecule has 0 saturated carbocycles. The Bertz CT molecular complexity index is 993. The van der Waals surface area contributed by atoms with Crippen molar-refractivity contribution in [1.29, 1.82) is 0 Å². The first-order valence-corrected chi connectivity index (χ1v) is 12.2. The molecule has 32 heavy (non-hydrogen) atoms. The maximum absolute atomic E-state index is 12.8. The molecule has 170 valence electrons. The van der Waals surface area contributed by atoms with E-state index in [0.29, 0.717) is 23.3 Å². The van der Waals surface area contributed by atoms with Crippen LogP contribution in [-0.4, -0.2) is 51.5 Å². The SMILES string of the molecule is CCn1c(SCC(=O)N2CCC(CCc3ccc(OC)cc3)CC2)nnc1-c1ccco1. The van der Waals surface area contributed by atoms with Gasteiger partial charge in [0, 0.05) is 19.6 Å². The number of rotatable bonds is 9. The third kappa shape index (κ3) is 5.35. The Morgan fingerprint density at radius 1 is 1.19 bits per heavy atom. The first-order chi connectivity index (χ1) is 15.7. The summed E-state index contributed by atoms with van der Waals surface area (Å²) in [6.45, 7) is 4.44. The second-order valence-electron chi connectivity index (χ2n) is 8.03. The number of amides is 1. The van der Waals surface area contributed by atoms with Gasteiger partial charge in [-0.05, 0) is 68.4 Å². The zero-order valence-electron chi connectivity index (χ0n) is 18.7. The molecule has 1 saturated heterocycles. The minimum atomic E-state index is 0.175.